The molecular weight excluding hydrogens is 383 g/mol. The molecule has 2 amide bonds. The van der Waals surface area contributed by atoms with E-state index in [1.165, 1.54) is 0 Å². The maximum absolute atomic E-state index is 12.1. The molecule has 3 nitrogen and oxygen atoms in total. The van der Waals surface area contributed by atoms with E-state index in [-0.39, 0.29) is 6.03 Å². The zero-order valence-corrected chi connectivity index (χ0v) is 14.4. The van der Waals surface area contributed by atoms with E-state index in [0.717, 1.165) is 9.35 Å². The monoisotopic (exact) mass is 392 g/mol. The quantitative estimate of drug-likeness (QED) is 0.735. The molecule has 106 valence electrons. The Morgan fingerprint density at radius 3 is 2.80 bits per heavy atom. The fraction of sp³-hybridized carbons (Fsp3) is 0.154. The highest BCUT2D eigenvalue weighted by Crippen LogP contribution is 2.26. The Morgan fingerprint density at radius 1 is 1.40 bits per heavy atom. The lowest BCUT2D eigenvalue weighted by Gasteiger charge is -2.17. The van der Waals surface area contributed by atoms with Gasteiger partial charge >= 0.3 is 6.03 Å². The van der Waals surface area contributed by atoms with Crippen molar-refractivity contribution in [2.45, 2.75) is 6.54 Å². The Morgan fingerprint density at radius 2 is 2.15 bits per heavy atom. The van der Waals surface area contributed by atoms with E-state index in [1.54, 1.807) is 41.5 Å². The molecule has 1 heterocycles. The first-order valence-corrected chi connectivity index (χ1v) is 8.08. The number of hydrogen-bond donors (Lipinski definition) is 1. The zero-order valence-electron chi connectivity index (χ0n) is 10.5. The maximum Gasteiger partial charge on any atom is 0.321 e. The van der Waals surface area contributed by atoms with Gasteiger partial charge in [-0.2, -0.15) is 0 Å². The van der Waals surface area contributed by atoms with Crippen LogP contribution >= 0.6 is 50.5 Å². The molecule has 0 spiro atoms. The smallest absolute Gasteiger partial charge is 0.321 e. The van der Waals surface area contributed by atoms with E-state index < -0.39 is 0 Å². The molecular formula is C13H11BrCl2N2OS. The summed E-state index contributed by atoms with van der Waals surface area (Å²) in [6, 6.07) is 6.69. The number of nitrogens with one attached hydrogen (secondary N) is 1. The highest BCUT2D eigenvalue weighted by atomic mass is 79.9. The lowest BCUT2D eigenvalue weighted by molar-refractivity contribution is 0.221. The number of rotatable bonds is 3. The highest BCUT2D eigenvalue weighted by molar-refractivity contribution is 9.10. The van der Waals surface area contributed by atoms with E-state index in [2.05, 4.69) is 21.2 Å². The van der Waals surface area contributed by atoms with E-state index in [9.17, 15) is 4.79 Å². The SMILES string of the molecule is CN(Cc1cc(Br)cs1)C(=O)Nc1cc(Cl)ccc1Cl. The van der Waals surface area contributed by atoms with Crippen molar-refractivity contribution in [2.75, 3.05) is 12.4 Å². The Kier molecular flexibility index (Phi) is 5.32. The van der Waals surface area contributed by atoms with Crippen LogP contribution in [0.15, 0.2) is 34.1 Å². The Bertz CT molecular complexity index is 633. The number of hydrogen-bond acceptors (Lipinski definition) is 2. The van der Waals surface area contributed by atoms with E-state index in [1.807, 2.05) is 11.4 Å². The first-order valence-electron chi connectivity index (χ1n) is 5.66. The summed E-state index contributed by atoms with van der Waals surface area (Å²) in [7, 11) is 1.72. The number of carbonyl (C=O) groups excluding carboxylic acids is 1. The summed E-state index contributed by atoms with van der Waals surface area (Å²) in [5.74, 6) is 0. The Balaban J connectivity index is 2.02. The largest absolute Gasteiger partial charge is 0.322 e. The molecule has 0 atom stereocenters. The van der Waals surface area contributed by atoms with Crippen molar-refractivity contribution >= 4 is 62.2 Å². The Hall–Kier alpha value is -0.750. The summed E-state index contributed by atoms with van der Waals surface area (Å²) in [4.78, 5) is 14.8. The van der Waals surface area contributed by atoms with Crippen LogP contribution in [0.25, 0.3) is 0 Å². The van der Waals surface area contributed by atoms with Gasteiger partial charge in [-0.15, -0.1) is 11.3 Å². The molecule has 0 bridgehead atoms. The van der Waals surface area contributed by atoms with Gasteiger partial charge in [-0.1, -0.05) is 23.2 Å². The number of thiophene rings is 1. The van der Waals surface area contributed by atoms with Crippen molar-refractivity contribution < 1.29 is 4.79 Å². The van der Waals surface area contributed by atoms with Crippen LogP contribution < -0.4 is 5.32 Å². The fourth-order valence-electron chi connectivity index (χ4n) is 1.55. The van der Waals surface area contributed by atoms with Crippen LogP contribution in [-0.4, -0.2) is 18.0 Å². The van der Waals surface area contributed by atoms with Gasteiger partial charge in [0, 0.05) is 26.8 Å². The fourth-order valence-corrected chi connectivity index (χ4v) is 3.39. The summed E-state index contributed by atoms with van der Waals surface area (Å²) in [5.41, 5.74) is 0.503. The first-order chi connectivity index (χ1) is 9.45. The third kappa shape index (κ3) is 4.12. The van der Waals surface area contributed by atoms with E-state index in [4.69, 9.17) is 23.2 Å². The predicted octanol–water partition coefficient (Wildman–Crippen LogP) is 5.48. The van der Waals surface area contributed by atoms with Crippen molar-refractivity contribution in [3.8, 4) is 0 Å². The summed E-state index contributed by atoms with van der Waals surface area (Å²) < 4.78 is 1.02. The molecule has 20 heavy (non-hydrogen) atoms. The minimum atomic E-state index is -0.237. The van der Waals surface area contributed by atoms with Crippen LogP contribution in [0, 0.1) is 0 Å². The van der Waals surface area contributed by atoms with Crippen LogP contribution in [0.2, 0.25) is 10.0 Å². The van der Waals surface area contributed by atoms with Crippen molar-refractivity contribution in [2.24, 2.45) is 0 Å². The van der Waals surface area contributed by atoms with Gasteiger partial charge in [0.15, 0.2) is 0 Å². The number of halogens is 3. The van der Waals surface area contributed by atoms with Crippen LogP contribution in [0.4, 0.5) is 10.5 Å². The van der Waals surface area contributed by atoms with Crippen molar-refractivity contribution in [1.29, 1.82) is 0 Å². The lowest BCUT2D eigenvalue weighted by Crippen LogP contribution is -2.30. The first kappa shape index (κ1) is 15.6. The van der Waals surface area contributed by atoms with Crippen molar-refractivity contribution in [3.63, 3.8) is 0 Å². The number of urea groups is 1. The lowest BCUT2D eigenvalue weighted by atomic mass is 10.3. The highest BCUT2D eigenvalue weighted by Gasteiger charge is 2.12. The molecule has 0 saturated heterocycles. The Labute approximate surface area is 139 Å². The van der Waals surface area contributed by atoms with Crippen LogP contribution in [0.3, 0.4) is 0 Å². The van der Waals surface area contributed by atoms with E-state index >= 15 is 0 Å². The second-order valence-electron chi connectivity index (χ2n) is 4.14. The van der Waals surface area contributed by atoms with Gasteiger partial charge in [-0.3, -0.25) is 0 Å². The summed E-state index contributed by atoms with van der Waals surface area (Å²) in [6.07, 6.45) is 0. The summed E-state index contributed by atoms with van der Waals surface area (Å²) >= 11 is 16.9. The molecule has 0 fully saturated rings. The van der Waals surface area contributed by atoms with Gasteiger partial charge in [0.05, 0.1) is 17.3 Å². The maximum atomic E-state index is 12.1. The number of carbonyl (C=O) groups is 1. The summed E-state index contributed by atoms with van der Waals surface area (Å²) in [5, 5.41) is 5.70. The standard InChI is InChI=1S/C13H11BrCl2N2OS/c1-18(6-10-4-8(14)7-20-10)13(19)17-12-5-9(15)2-3-11(12)16/h2-5,7H,6H2,1H3,(H,17,19). The molecule has 0 aliphatic heterocycles. The van der Waals surface area contributed by atoms with Gasteiger partial charge in [0.25, 0.3) is 0 Å². The third-order valence-electron chi connectivity index (χ3n) is 2.53. The minimum absolute atomic E-state index is 0.237. The van der Waals surface area contributed by atoms with Gasteiger partial charge in [0.1, 0.15) is 0 Å². The van der Waals surface area contributed by atoms with Gasteiger partial charge in [-0.05, 0) is 40.2 Å². The molecule has 2 rings (SSSR count). The molecule has 2 aromatic rings. The number of anilines is 1. The molecule has 1 N–H and O–H groups in total. The zero-order chi connectivity index (χ0) is 14.7. The molecule has 0 radical (unpaired) electrons. The molecule has 1 aromatic carbocycles. The van der Waals surface area contributed by atoms with E-state index in [0.29, 0.717) is 22.3 Å². The van der Waals surface area contributed by atoms with Crippen molar-refractivity contribution in [1.82, 2.24) is 4.90 Å². The third-order valence-corrected chi connectivity index (χ3v) is 4.78. The minimum Gasteiger partial charge on any atom is -0.322 e. The topological polar surface area (TPSA) is 32.3 Å². The number of benzene rings is 1. The number of nitrogens with zero attached hydrogens (tertiary/aromatic N) is 1. The van der Waals surface area contributed by atoms with Crippen LogP contribution in [0.1, 0.15) is 4.88 Å². The predicted molar refractivity (Wildman–Crippen MR) is 89.0 cm³/mol. The molecule has 0 unspecified atom stereocenters. The second kappa shape index (κ2) is 6.80. The summed E-state index contributed by atoms with van der Waals surface area (Å²) in [6.45, 7) is 0.528. The molecule has 0 saturated carbocycles. The average Bonchev–Trinajstić information content (AvgIpc) is 2.79. The van der Waals surface area contributed by atoms with Crippen LogP contribution in [-0.2, 0) is 6.54 Å². The number of amides is 2. The van der Waals surface area contributed by atoms with Crippen molar-refractivity contribution in [3.05, 3.63) is 49.0 Å². The van der Waals surface area contributed by atoms with Crippen LogP contribution in [0.5, 0.6) is 0 Å². The molecule has 1 aromatic heterocycles. The average molecular weight is 394 g/mol. The second-order valence-corrected chi connectivity index (χ2v) is 6.90. The normalized spacial score (nSPS) is 10.4. The van der Waals surface area contributed by atoms with Gasteiger partial charge in [0.2, 0.25) is 0 Å². The molecule has 7 heteroatoms. The molecule has 0 aliphatic rings. The van der Waals surface area contributed by atoms with Gasteiger partial charge < -0.3 is 10.2 Å². The van der Waals surface area contributed by atoms with Gasteiger partial charge in [-0.25, -0.2) is 4.79 Å². The molecule has 0 aliphatic carbocycles.